The van der Waals surface area contributed by atoms with Gasteiger partial charge in [-0.15, -0.1) is 0 Å². The zero-order valence-corrected chi connectivity index (χ0v) is 11.4. The van der Waals surface area contributed by atoms with Gasteiger partial charge in [-0.25, -0.2) is 4.39 Å². The molecule has 0 spiro atoms. The standard InChI is InChI=1S/C15H22FNO/c1-4-17(9-12-5-6-12)15-7-10(2)14(16)8-13(15)11(3)18/h7-8,11-12,18H,4-6,9H2,1-3H3/t11-/m0/s1. The lowest BCUT2D eigenvalue weighted by molar-refractivity contribution is 0.199. The minimum absolute atomic E-state index is 0.239. The summed E-state index contributed by atoms with van der Waals surface area (Å²) in [6, 6.07) is 3.34. The zero-order chi connectivity index (χ0) is 13.3. The number of hydrogen-bond donors (Lipinski definition) is 1. The van der Waals surface area contributed by atoms with Crippen LogP contribution in [0.3, 0.4) is 0 Å². The maximum Gasteiger partial charge on any atom is 0.126 e. The van der Waals surface area contributed by atoms with Crippen molar-refractivity contribution in [3.63, 3.8) is 0 Å². The predicted molar refractivity (Wildman–Crippen MR) is 72.4 cm³/mol. The van der Waals surface area contributed by atoms with E-state index in [2.05, 4.69) is 11.8 Å². The Balaban J connectivity index is 2.35. The Morgan fingerprint density at radius 3 is 2.61 bits per heavy atom. The molecule has 1 aliphatic rings. The minimum Gasteiger partial charge on any atom is -0.389 e. The first-order chi connectivity index (χ1) is 8.52. The Morgan fingerprint density at radius 1 is 1.44 bits per heavy atom. The molecule has 0 saturated heterocycles. The van der Waals surface area contributed by atoms with E-state index in [1.54, 1.807) is 13.8 Å². The zero-order valence-electron chi connectivity index (χ0n) is 11.4. The number of aryl methyl sites for hydroxylation is 1. The van der Waals surface area contributed by atoms with E-state index >= 15 is 0 Å². The molecule has 1 atom stereocenters. The van der Waals surface area contributed by atoms with E-state index in [1.165, 1.54) is 18.9 Å². The summed E-state index contributed by atoms with van der Waals surface area (Å²) in [4.78, 5) is 2.26. The number of aliphatic hydroxyl groups excluding tert-OH is 1. The molecule has 0 bridgehead atoms. The normalized spacial score (nSPS) is 16.7. The van der Waals surface area contributed by atoms with Gasteiger partial charge in [0.05, 0.1) is 6.10 Å². The first-order valence-corrected chi connectivity index (χ1v) is 6.76. The average Bonchev–Trinajstić information content (AvgIpc) is 3.13. The van der Waals surface area contributed by atoms with Gasteiger partial charge in [0.25, 0.3) is 0 Å². The summed E-state index contributed by atoms with van der Waals surface area (Å²) in [5.74, 6) is 0.536. The maximum atomic E-state index is 13.6. The minimum atomic E-state index is -0.636. The van der Waals surface area contributed by atoms with Gasteiger partial charge in [0.15, 0.2) is 0 Å². The lowest BCUT2D eigenvalue weighted by Crippen LogP contribution is -2.27. The fourth-order valence-electron chi connectivity index (χ4n) is 2.30. The van der Waals surface area contributed by atoms with Gasteiger partial charge in [-0.1, -0.05) is 0 Å². The van der Waals surface area contributed by atoms with Crippen molar-refractivity contribution in [1.82, 2.24) is 0 Å². The van der Waals surface area contributed by atoms with E-state index in [0.29, 0.717) is 11.1 Å². The van der Waals surface area contributed by atoms with E-state index in [9.17, 15) is 9.50 Å². The van der Waals surface area contributed by atoms with Crippen LogP contribution in [0.5, 0.6) is 0 Å². The van der Waals surface area contributed by atoms with Gasteiger partial charge in [0.2, 0.25) is 0 Å². The maximum absolute atomic E-state index is 13.6. The first-order valence-electron chi connectivity index (χ1n) is 6.76. The van der Waals surface area contributed by atoms with Gasteiger partial charge in [0, 0.05) is 24.3 Å². The molecule has 100 valence electrons. The van der Waals surface area contributed by atoms with Gasteiger partial charge in [0.1, 0.15) is 5.82 Å². The molecular formula is C15H22FNO. The van der Waals surface area contributed by atoms with Crippen molar-refractivity contribution < 1.29 is 9.50 Å². The summed E-state index contributed by atoms with van der Waals surface area (Å²) < 4.78 is 13.6. The second kappa shape index (κ2) is 5.27. The Kier molecular flexibility index (Phi) is 3.91. The van der Waals surface area contributed by atoms with Gasteiger partial charge in [-0.2, -0.15) is 0 Å². The monoisotopic (exact) mass is 251 g/mol. The van der Waals surface area contributed by atoms with Gasteiger partial charge in [-0.05, 0) is 57.2 Å². The second-order valence-electron chi connectivity index (χ2n) is 5.32. The highest BCUT2D eigenvalue weighted by Crippen LogP contribution is 2.34. The van der Waals surface area contributed by atoms with Crippen molar-refractivity contribution in [3.05, 3.63) is 29.1 Å². The Hall–Kier alpha value is -1.09. The Morgan fingerprint density at radius 2 is 2.11 bits per heavy atom. The molecule has 0 aromatic heterocycles. The molecule has 0 heterocycles. The van der Waals surface area contributed by atoms with Crippen LogP contribution in [0.15, 0.2) is 12.1 Å². The third-order valence-electron chi connectivity index (χ3n) is 3.66. The third kappa shape index (κ3) is 2.83. The van der Waals surface area contributed by atoms with Crippen molar-refractivity contribution >= 4 is 5.69 Å². The Labute approximate surface area is 108 Å². The van der Waals surface area contributed by atoms with E-state index < -0.39 is 6.10 Å². The summed E-state index contributed by atoms with van der Waals surface area (Å²) in [7, 11) is 0. The van der Waals surface area contributed by atoms with Crippen LogP contribution in [0.2, 0.25) is 0 Å². The van der Waals surface area contributed by atoms with Crippen LogP contribution in [0.1, 0.15) is 43.9 Å². The topological polar surface area (TPSA) is 23.5 Å². The smallest absolute Gasteiger partial charge is 0.126 e. The Bertz CT molecular complexity index is 427. The van der Waals surface area contributed by atoms with Crippen molar-refractivity contribution in [3.8, 4) is 0 Å². The van der Waals surface area contributed by atoms with Gasteiger partial charge < -0.3 is 10.0 Å². The molecular weight excluding hydrogens is 229 g/mol. The lowest BCUT2D eigenvalue weighted by Gasteiger charge is -2.27. The van der Waals surface area contributed by atoms with Crippen LogP contribution >= 0.6 is 0 Å². The van der Waals surface area contributed by atoms with E-state index in [1.807, 2.05) is 6.07 Å². The molecule has 0 unspecified atom stereocenters. The van der Waals surface area contributed by atoms with Crippen LogP contribution in [0, 0.1) is 18.7 Å². The van der Waals surface area contributed by atoms with Crippen LogP contribution in [0.4, 0.5) is 10.1 Å². The summed E-state index contributed by atoms with van der Waals surface area (Å²) in [6.45, 7) is 7.48. The van der Waals surface area contributed by atoms with Crippen LogP contribution < -0.4 is 4.90 Å². The summed E-state index contributed by atoms with van der Waals surface area (Å²) >= 11 is 0. The molecule has 1 saturated carbocycles. The molecule has 1 aliphatic carbocycles. The van der Waals surface area contributed by atoms with Gasteiger partial charge in [-0.3, -0.25) is 0 Å². The highest BCUT2D eigenvalue weighted by molar-refractivity contribution is 5.57. The number of rotatable bonds is 5. The summed E-state index contributed by atoms with van der Waals surface area (Å²) in [5, 5.41) is 9.82. The highest BCUT2D eigenvalue weighted by Gasteiger charge is 2.25. The van der Waals surface area contributed by atoms with E-state index in [4.69, 9.17) is 0 Å². The largest absolute Gasteiger partial charge is 0.389 e. The molecule has 2 nitrogen and oxygen atoms in total. The highest BCUT2D eigenvalue weighted by atomic mass is 19.1. The van der Waals surface area contributed by atoms with E-state index in [0.717, 1.165) is 24.7 Å². The van der Waals surface area contributed by atoms with Crippen molar-refractivity contribution in [2.24, 2.45) is 5.92 Å². The van der Waals surface area contributed by atoms with Crippen LogP contribution in [0.25, 0.3) is 0 Å². The quantitative estimate of drug-likeness (QED) is 0.866. The van der Waals surface area contributed by atoms with Crippen LogP contribution in [-0.4, -0.2) is 18.2 Å². The number of halogens is 1. The molecule has 0 amide bonds. The number of nitrogens with zero attached hydrogens (tertiary/aromatic N) is 1. The van der Waals surface area contributed by atoms with Gasteiger partial charge >= 0.3 is 0 Å². The second-order valence-corrected chi connectivity index (χ2v) is 5.32. The molecule has 1 N–H and O–H groups in total. The number of hydrogen-bond acceptors (Lipinski definition) is 2. The molecule has 3 heteroatoms. The first kappa shape index (κ1) is 13.3. The molecule has 18 heavy (non-hydrogen) atoms. The number of aliphatic hydroxyl groups is 1. The van der Waals surface area contributed by atoms with Crippen LogP contribution in [-0.2, 0) is 0 Å². The summed E-state index contributed by atoms with van der Waals surface area (Å²) in [5.41, 5.74) is 2.32. The lowest BCUT2D eigenvalue weighted by atomic mass is 10.0. The molecule has 2 rings (SSSR count). The van der Waals surface area contributed by atoms with Crippen molar-refractivity contribution in [2.45, 2.75) is 39.7 Å². The van der Waals surface area contributed by atoms with Crippen molar-refractivity contribution in [1.29, 1.82) is 0 Å². The number of anilines is 1. The molecule has 1 fully saturated rings. The third-order valence-corrected chi connectivity index (χ3v) is 3.66. The van der Waals surface area contributed by atoms with Crippen molar-refractivity contribution in [2.75, 3.05) is 18.0 Å². The fraction of sp³-hybridized carbons (Fsp3) is 0.600. The predicted octanol–water partition coefficient (Wildman–Crippen LogP) is 3.42. The fourth-order valence-corrected chi connectivity index (χ4v) is 2.30. The molecule has 1 aromatic carbocycles. The summed E-state index contributed by atoms with van der Waals surface area (Å²) in [6.07, 6.45) is 1.95. The molecule has 0 aliphatic heterocycles. The average molecular weight is 251 g/mol. The molecule has 0 radical (unpaired) electrons. The number of benzene rings is 1. The molecule has 1 aromatic rings. The SMILES string of the molecule is CCN(CC1CC1)c1cc(C)c(F)cc1[C@H](C)O. The van der Waals surface area contributed by atoms with E-state index in [-0.39, 0.29) is 5.82 Å².